The summed E-state index contributed by atoms with van der Waals surface area (Å²) < 4.78 is 11.1. The smallest absolute Gasteiger partial charge is 0.270 e. The zero-order valence-corrected chi connectivity index (χ0v) is 15.8. The SMILES string of the molecule is COc1ccc(NC(=O)[C@@H](Oc2ccccc2C#N)c2ccccc2)cc1Cl. The molecule has 0 spiro atoms. The maximum Gasteiger partial charge on any atom is 0.270 e. The number of nitriles is 1. The van der Waals surface area contributed by atoms with E-state index in [1.54, 1.807) is 54.6 Å². The van der Waals surface area contributed by atoms with Gasteiger partial charge in [0, 0.05) is 11.3 Å². The Hall–Kier alpha value is -3.49. The lowest BCUT2D eigenvalue weighted by Crippen LogP contribution is -2.26. The molecule has 0 heterocycles. The number of carbonyl (C=O) groups is 1. The predicted molar refractivity (Wildman–Crippen MR) is 108 cm³/mol. The number of amides is 1. The Morgan fingerprint density at radius 3 is 2.43 bits per heavy atom. The zero-order valence-electron chi connectivity index (χ0n) is 15.1. The van der Waals surface area contributed by atoms with Crippen LogP contribution in [0.4, 0.5) is 5.69 Å². The monoisotopic (exact) mass is 392 g/mol. The van der Waals surface area contributed by atoms with E-state index in [4.69, 9.17) is 21.1 Å². The molecule has 0 aliphatic rings. The Morgan fingerprint density at radius 1 is 1.04 bits per heavy atom. The number of halogens is 1. The van der Waals surface area contributed by atoms with Gasteiger partial charge in [0.05, 0.1) is 17.7 Å². The Labute approximate surface area is 168 Å². The first-order chi connectivity index (χ1) is 13.6. The van der Waals surface area contributed by atoms with Crippen LogP contribution in [0, 0.1) is 11.3 Å². The lowest BCUT2D eigenvalue weighted by molar-refractivity contribution is -0.123. The highest BCUT2D eigenvalue weighted by Crippen LogP contribution is 2.29. The fraction of sp³-hybridized carbons (Fsp3) is 0.0909. The molecule has 0 aliphatic carbocycles. The van der Waals surface area contributed by atoms with Crippen molar-refractivity contribution in [3.05, 3.63) is 88.9 Å². The van der Waals surface area contributed by atoms with E-state index < -0.39 is 6.10 Å². The Bertz CT molecular complexity index is 1020. The summed E-state index contributed by atoms with van der Waals surface area (Å²) in [5, 5.41) is 12.5. The molecule has 1 atom stereocenters. The van der Waals surface area contributed by atoms with Crippen molar-refractivity contribution < 1.29 is 14.3 Å². The number of nitrogens with zero attached hydrogens (tertiary/aromatic N) is 1. The van der Waals surface area contributed by atoms with Crippen LogP contribution in [0.2, 0.25) is 5.02 Å². The van der Waals surface area contributed by atoms with Crippen LogP contribution in [-0.2, 0) is 4.79 Å². The fourth-order valence-corrected chi connectivity index (χ4v) is 2.90. The molecule has 3 rings (SSSR count). The summed E-state index contributed by atoms with van der Waals surface area (Å²) in [4.78, 5) is 13.0. The Morgan fingerprint density at radius 2 is 1.75 bits per heavy atom. The molecule has 3 aromatic rings. The number of nitrogens with one attached hydrogen (secondary N) is 1. The number of rotatable bonds is 6. The fourth-order valence-electron chi connectivity index (χ4n) is 2.64. The first-order valence-electron chi connectivity index (χ1n) is 8.47. The highest BCUT2D eigenvalue weighted by molar-refractivity contribution is 6.32. The first kappa shape index (κ1) is 19.3. The third-order valence-corrected chi connectivity index (χ3v) is 4.31. The molecule has 5 nitrogen and oxygen atoms in total. The summed E-state index contributed by atoms with van der Waals surface area (Å²) in [5.74, 6) is 0.459. The Kier molecular flexibility index (Phi) is 6.15. The first-order valence-corrected chi connectivity index (χ1v) is 8.85. The zero-order chi connectivity index (χ0) is 19.9. The number of methoxy groups -OCH3 is 1. The lowest BCUT2D eigenvalue weighted by atomic mass is 10.1. The van der Waals surface area contributed by atoms with Crippen molar-refractivity contribution in [2.45, 2.75) is 6.10 Å². The van der Waals surface area contributed by atoms with Crippen LogP contribution in [0.1, 0.15) is 17.2 Å². The van der Waals surface area contributed by atoms with E-state index in [1.165, 1.54) is 7.11 Å². The van der Waals surface area contributed by atoms with Crippen molar-refractivity contribution in [3.63, 3.8) is 0 Å². The van der Waals surface area contributed by atoms with E-state index in [0.29, 0.717) is 33.3 Å². The summed E-state index contributed by atoms with van der Waals surface area (Å²) >= 11 is 6.14. The van der Waals surface area contributed by atoms with Gasteiger partial charge in [0.1, 0.15) is 17.6 Å². The van der Waals surface area contributed by atoms with Gasteiger partial charge in [-0.1, -0.05) is 54.1 Å². The van der Waals surface area contributed by atoms with Crippen LogP contribution in [0.25, 0.3) is 0 Å². The molecule has 0 fully saturated rings. The number of carbonyl (C=O) groups excluding carboxylic acids is 1. The highest BCUT2D eigenvalue weighted by atomic mass is 35.5. The predicted octanol–water partition coefficient (Wildman–Crippen LogP) is 4.98. The summed E-state index contributed by atoms with van der Waals surface area (Å²) in [6, 6.07) is 22.9. The molecule has 0 aromatic heterocycles. The molecule has 0 saturated heterocycles. The minimum Gasteiger partial charge on any atom is -0.495 e. The third-order valence-electron chi connectivity index (χ3n) is 4.01. The summed E-state index contributed by atoms with van der Waals surface area (Å²) in [7, 11) is 1.52. The normalized spacial score (nSPS) is 11.2. The van der Waals surface area contributed by atoms with Crippen LogP contribution in [0.5, 0.6) is 11.5 Å². The van der Waals surface area contributed by atoms with Gasteiger partial charge in [-0.15, -0.1) is 0 Å². The van der Waals surface area contributed by atoms with Crippen molar-refractivity contribution >= 4 is 23.2 Å². The van der Waals surface area contributed by atoms with Gasteiger partial charge in [-0.25, -0.2) is 0 Å². The summed E-state index contributed by atoms with van der Waals surface area (Å²) in [6.07, 6.45) is -0.948. The number of para-hydroxylation sites is 1. The van der Waals surface area contributed by atoms with Gasteiger partial charge in [-0.3, -0.25) is 4.79 Å². The van der Waals surface area contributed by atoms with Gasteiger partial charge >= 0.3 is 0 Å². The third kappa shape index (κ3) is 4.43. The standard InChI is InChI=1S/C22H17ClN2O3/c1-27-20-12-11-17(13-18(20)23)25-22(26)21(15-7-3-2-4-8-15)28-19-10-6-5-9-16(19)14-24/h2-13,21H,1H3,(H,25,26)/t21-/m0/s1. The molecule has 3 aromatic carbocycles. The summed E-state index contributed by atoms with van der Waals surface area (Å²) in [6.45, 7) is 0. The van der Waals surface area contributed by atoms with Crippen molar-refractivity contribution in [2.75, 3.05) is 12.4 Å². The number of benzene rings is 3. The molecule has 0 radical (unpaired) electrons. The van der Waals surface area contributed by atoms with E-state index in [1.807, 2.05) is 18.2 Å². The molecule has 1 amide bonds. The second-order valence-electron chi connectivity index (χ2n) is 5.86. The minimum atomic E-state index is -0.948. The highest BCUT2D eigenvalue weighted by Gasteiger charge is 2.24. The van der Waals surface area contributed by atoms with E-state index >= 15 is 0 Å². The van der Waals surface area contributed by atoms with E-state index in [-0.39, 0.29) is 5.91 Å². The average Bonchev–Trinajstić information content (AvgIpc) is 2.73. The second kappa shape index (κ2) is 8.94. The number of hydrogen-bond acceptors (Lipinski definition) is 4. The maximum atomic E-state index is 13.0. The quantitative estimate of drug-likeness (QED) is 0.642. The number of anilines is 1. The molecule has 0 aliphatic heterocycles. The summed E-state index contributed by atoms with van der Waals surface area (Å²) in [5.41, 5.74) is 1.52. The van der Waals surface area contributed by atoms with Crippen LogP contribution < -0.4 is 14.8 Å². The molecule has 0 saturated carbocycles. The Balaban J connectivity index is 1.90. The van der Waals surface area contributed by atoms with Crippen molar-refractivity contribution in [3.8, 4) is 17.6 Å². The van der Waals surface area contributed by atoms with E-state index in [9.17, 15) is 10.1 Å². The largest absolute Gasteiger partial charge is 0.495 e. The van der Waals surface area contributed by atoms with Crippen molar-refractivity contribution in [1.82, 2.24) is 0 Å². The van der Waals surface area contributed by atoms with Gasteiger partial charge in [-0.05, 0) is 30.3 Å². The minimum absolute atomic E-state index is 0.335. The number of ether oxygens (including phenoxy) is 2. The molecular formula is C22H17ClN2O3. The molecule has 0 unspecified atom stereocenters. The van der Waals surface area contributed by atoms with Crippen LogP contribution in [0.3, 0.4) is 0 Å². The van der Waals surface area contributed by atoms with Crippen LogP contribution in [-0.4, -0.2) is 13.0 Å². The molecular weight excluding hydrogens is 376 g/mol. The molecule has 0 bridgehead atoms. The molecule has 1 N–H and O–H groups in total. The van der Waals surface area contributed by atoms with E-state index in [2.05, 4.69) is 11.4 Å². The maximum absolute atomic E-state index is 13.0. The van der Waals surface area contributed by atoms with Gasteiger partial charge < -0.3 is 14.8 Å². The van der Waals surface area contributed by atoms with Crippen LogP contribution in [0.15, 0.2) is 72.8 Å². The van der Waals surface area contributed by atoms with Gasteiger partial charge in [-0.2, -0.15) is 5.26 Å². The molecule has 140 valence electrons. The van der Waals surface area contributed by atoms with E-state index in [0.717, 1.165) is 0 Å². The van der Waals surface area contributed by atoms with Gasteiger partial charge in [0.25, 0.3) is 5.91 Å². The second-order valence-corrected chi connectivity index (χ2v) is 6.26. The van der Waals surface area contributed by atoms with Gasteiger partial charge in [0.15, 0.2) is 0 Å². The average molecular weight is 393 g/mol. The van der Waals surface area contributed by atoms with Crippen LogP contribution >= 0.6 is 11.6 Å². The lowest BCUT2D eigenvalue weighted by Gasteiger charge is -2.20. The van der Waals surface area contributed by atoms with Crippen molar-refractivity contribution in [1.29, 1.82) is 5.26 Å². The topological polar surface area (TPSA) is 71.3 Å². The van der Waals surface area contributed by atoms with Crippen molar-refractivity contribution in [2.24, 2.45) is 0 Å². The van der Waals surface area contributed by atoms with Gasteiger partial charge in [0.2, 0.25) is 6.10 Å². The molecule has 28 heavy (non-hydrogen) atoms. The number of hydrogen-bond donors (Lipinski definition) is 1. The molecule has 6 heteroatoms.